The van der Waals surface area contributed by atoms with E-state index in [0.29, 0.717) is 30.7 Å². The first kappa shape index (κ1) is 25.9. The lowest BCUT2D eigenvalue weighted by molar-refractivity contribution is 0.0255. The van der Waals surface area contributed by atoms with Crippen LogP contribution in [0.1, 0.15) is 37.3 Å². The van der Waals surface area contributed by atoms with Crippen LogP contribution in [0.2, 0.25) is 0 Å². The number of sulfone groups is 1. The van der Waals surface area contributed by atoms with Gasteiger partial charge in [-0.05, 0) is 31.7 Å². The molecule has 2 saturated heterocycles. The molecule has 39 heavy (non-hydrogen) atoms. The zero-order chi connectivity index (χ0) is 27.3. The van der Waals surface area contributed by atoms with E-state index in [0.717, 1.165) is 41.5 Å². The number of pyridine rings is 1. The molecule has 2 bridgehead atoms. The summed E-state index contributed by atoms with van der Waals surface area (Å²) < 4.78 is 27.4. The monoisotopic (exact) mass is 548 g/mol. The van der Waals surface area contributed by atoms with Gasteiger partial charge in [-0.1, -0.05) is 36.4 Å². The Morgan fingerprint density at radius 1 is 1.05 bits per heavy atom. The number of aromatic nitrogens is 4. The van der Waals surface area contributed by atoms with E-state index >= 15 is 0 Å². The van der Waals surface area contributed by atoms with Crippen molar-refractivity contribution < 1.29 is 18.6 Å². The number of rotatable bonds is 7. The van der Waals surface area contributed by atoms with E-state index in [-0.39, 0.29) is 35.3 Å². The fourth-order valence-corrected chi connectivity index (χ4v) is 7.37. The first-order valence-corrected chi connectivity index (χ1v) is 15.1. The van der Waals surface area contributed by atoms with E-state index < -0.39 is 15.9 Å². The van der Waals surface area contributed by atoms with Gasteiger partial charge >= 0.3 is 0 Å². The first-order chi connectivity index (χ1) is 18.7. The van der Waals surface area contributed by atoms with Crippen molar-refractivity contribution in [2.75, 3.05) is 25.1 Å². The molecule has 4 aromatic rings. The van der Waals surface area contributed by atoms with Crippen LogP contribution >= 0.6 is 0 Å². The molecule has 0 saturated carbocycles. The van der Waals surface area contributed by atoms with E-state index in [1.165, 1.54) is 4.52 Å². The molecule has 0 radical (unpaired) electrons. The standard InChI is InChI=1S/C28H32N6O4S/c1-39(37,38)26-25(19-11-20-8-9-21(12-19)33(20)15-22(36)16-35)32-28-23(14-31-34(28)27(26)29)18-7-10-24(30-13-18)17-5-3-2-4-6-17/h2-7,10,13-14,19-22,35-36H,8-9,11-12,15-16,29H2,1H3/t19?,20-,21+,22-/m1/s1. The number of anilines is 1. The summed E-state index contributed by atoms with van der Waals surface area (Å²) >= 11 is 0. The van der Waals surface area contributed by atoms with Crippen molar-refractivity contribution in [1.29, 1.82) is 0 Å². The highest BCUT2D eigenvalue weighted by atomic mass is 32.2. The summed E-state index contributed by atoms with van der Waals surface area (Å²) in [6.45, 7) is 0.127. The number of fused-ring (bicyclic) bond motifs is 3. The molecule has 10 nitrogen and oxygen atoms in total. The highest BCUT2D eigenvalue weighted by Crippen LogP contribution is 2.45. The largest absolute Gasteiger partial charge is 0.394 e. The fourth-order valence-electron chi connectivity index (χ4n) is 6.31. The van der Waals surface area contributed by atoms with Crippen LogP contribution in [-0.2, 0) is 9.84 Å². The summed E-state index contributed by atoms with van der Waals surface area (Å²) in [7, 11) is -3.69. The molecular formula is C28H32N6O4S. The smallest absolute Gasteiger partial charge is 0.180 e. The third-order valence-corrected chi connectivity index (χ3v) is 9.24. The number of nitrogen functional groups attached to an aromatic ring is 1. The molecular weight excluding hydrogens is 516 g/mol. The molecule has 4 atom stereocenters. The third-order valence-electron chi connectivity index (χ3n) is 8.08. The number of benzene rings is 1. The van der Waals surface area contributed by atoms with Crippen LogP contribution in [0.3, 0.4) is 0 Å². The maximum Gasteiger partial charge on any atom is 0.180 e. The van der Waals surface area contributed by atoms with Crippen molar-refractivity contribution in [2.45, 2.75) is 54.7 Å². The van der Waals surface area contributed by atoms with Crippen molar-refractivity contribution in [3.05, 3.63) is 60.6 Å². The van der Waals surface area contributed by atoms with E-state index in [2.05, 4.69) is 15.0 Å². The Morgan fingerprint density at radius 3 is 2.38 bits per heavy atom. The summed E-state index contributed by atoms with van der Waals surface area (Å²) in [4.78, 5) is 11.9. The van der Waals surface area contributed by atoms with Gasteiger partial charge in [0.25, 0.3) is 0 Å². The molecule has 0 aliphatic carbocycles. The number of nitrogens with two attached hydrogens (primary N) is 1. The number of aliphatic hydroxyl groups is 2. The van der Waals surface area contributed by atoms with Gasteiger partial charge in [0.05, 0.1) is 30.3 Å². The molecule has 5 heterocycles. The Labute approximate surface area is 227 Å². The second-order valence-electron chi connectivity index (χ2n) is 10.7. The van der Waals surface area contributed by atoms with Gasteiger partial charge in [0.2, 0.25) is 0 Å². The lowest BCUT2D eigenvalue weighted by Crippen LogP contribution is -2.46. The van der Waals surface area contributed by atoms with Crippen LogP contribution in [0.4, 0.5) is 5.82 Å². The predicted octanol–water partition coefficient (Wildman–Crippen LogP) is 2.51. The summed E-state index contributed by atoms with van der Waals surface area (Å²) in [5.41, 5.74) is 10.9. The summed E-state index contributed by atoms with van der Waals surface area (Å²) in [5.74, 6) is -0.0496. The molecule has 0 amide bonds. The Hall–Kier alpha value is -3.38. The maximum absolute atomic E-state index is 13.0. The van der Waals surface area contributed by atoms with Gasteiger partial charge < -0.3 is 15.9 Å². The molecule has 2 aliphatic rings. The predicted molar refractivity (Wildman–Crippen MR) is 148 cm³/mol. The summed E-state index contributed by atoms with van der Waals surface area (Å²) in [6.07, 6.45) is 7.12. The SMILES string of the molecule is CS(=O)(=O)c1c(C2C[C@H]3CC[C@@H](C2)N3C[C@@H](O)CO)nc2c(-c3ccc(-c4ccccc4)nc3)cnn2c1N. The van der Waals surface area contributed by atoms with Crippen LogP contribution in [-0.4, -0.2) is 80.7 Å². The van der Waals surface area contributed by atoms with Crippen molar-refractivity contribution >= 4 is 21.3 Å². The molecule has 4 N–H and O–H groups in total. The average molecular weight is 549 g/mol. The minimum Gasteiger partial charge on any atom is -0.394 e. The van der Waals surface area contributed by atoms with Crippen LogP contribution in [0, 0.1) is 0 Å². The number of piperidine rings is 1. The number of nitrogens with zero attached hydrogens (tertiary/aromatic N) is 5. The summed E-state index contributed by atoms with van der Waals surface area (Å²) in [5, 5.41) is 23.8. The number of hydrogen-bond donors (Lipinski definition) is 3. The lowest BCUT2D eigenvalue weighted by Gasteiger charge is -2.40. The topological polar surface area (TPSA) is 147 Å². The first-order valence-electron chi connectivity index (χ1n) is 13.2. The van der Waals surface area contributed by atoms with Gasteiger partial charge in [0.15, 0.2) is 15.5 Å². The normalized spacial score (nSPS) is 22.4. The maximum atomic E-state index is 13.0. The van der Waals surface area contributed by atoms with Gasteiger partial charge in [0, 0.05) is 53.7 Å². The van der Waals surface area contributed by atoms with Crippen LogP contribution in [0.5, 0.6) is 0 Å². The van der Waals surface area contributed by atoms with Crippen molar-refractivity contribution in [3.8, 4) is 22.4 Å². The van der Waals surface area contributed by atoms with Crippen molar-refractivity contribution in [1.82, 2.24) is 24.5 Å². The molecule has 1 aromatic carbocycles. The molecule has 2 aliphatic heterocycles. The minimum absolute atomic E-state index is 0.0374. The fraction of sp³-hybridized carbons (Fsp3) is 0.393. The Kier molecular flexibility index (Phi) is 6.62. The average Bonchev–Trinajstić information content (AvgIpc) is 3.45. The minimum atomic E-state index is -3.69. The van der Waals surface area contributed by atoms with E-state index in [1.807, 2.05) is 42.5 Å². The van der Waals surface area contributed by atoms with Gasteiger partial charge in [-0.15, -0.1) is 0 Å². The number of aliphatic hydroxyl groups excluding tert-OH is 2. The second-order valence-corrected chi connectivity index (χ2v) is 12.6. The van der Waals surface area contributed by atoms with Gasteiger partial charge in [-0.3, -0.25) is 9.88 Å². The third kappa shape index (κ3) is 4.69. The van der Waals surface area contributed by atoms with Crippen molar-refractivity contribution in [3.63, 3.8) is 0 Å². The Balaban J connectivity index is 1.40. The molecule has 3 aromatic heterocycles. The van der Waals surface area contributed by atoms with Gasteiger partial charge in [0.1, 0.15) is 10.7 Å². The van der Waals surface area contributed by atoms with Gasteiger partial charge in [-0.2, -0.15) is 9.61 Å². The quantitative estimate of drug-likeness (QED) is 0.317. The van der Waals surface area contributed by atoms with Gasteiger partial charge in [-0.25, -0.2) is 13.4 Å². The molecule has 2 fully saturated rings. The highest BCUT2D eigenvalue weighted by Gasteiger charge is 2.43. The molecule has 204 valence electrons. The molecule has 0 spiro atoms. The van der Waals surface area contributed by atoms with E-state index in [4.69, 9.17) is 10.7 Å². The van der Waals surface area contributed by atoms with E-state index in [1.54, 1.807) is 12.4 Å². The lowest BCUT2D eigenvalue weighted by atomic mass is 9.87. The molecule has 1 unspecified atom stereocenters. The Bertz CT molecular complexity index is 1590. The van der Waals surface area contributed by atoms with Crippen molar-refractivity contribution in [2.24, 2.45) is 0 Å². The van der Waals surface area contributed by atoms with Crippen LogP contribution < -0.4 is 5.73 Å². The van der Waals surface area contributed by atoms with Crippen LogP contribution in [0.25, 0.3) is 28.0 Å². The summed E-state index contributed by atoms with van der Waals surface area (Å²) in [6, 6.07) is 14.2. The van der Waals surface area contributed by atoms with E-state index in [9.17, 15) is 18.6 Å². The molecule has 11 heteroatoms. The Morgan fingerprint density at radius 2 is 1.77 bits per heavy atom. The zero-order valence-corrected chi connectivity index (χ0v) is 22.5. The second kappa shape index (κ2) is 9.98. The zero-order valence-electron chi connectivity index (χ0n) is 21.7. The molecule has 6 rings (SSSR count). The van der Waals surface area contributed by atoms with Crippen LogP contribution in [0.15, 0.2) is 59.8 Å². The number of hydrogen-bond acceptors (Lipinski definition) is 9. The highest BCUT2D eigenvalue weighted by molar-refractivity contribution is 7.91.